The van der Waals surface area contributed by atoms with E-state index in [1.54, 1.807) is 37.5 Å². The number of hydrogen-bond donors (Lipinski definition) is 4. The first kappa shape index (κ1) is 20.3. The molecular formula is C20H20ClN7O. The maximum atomic E-state index is 12.3. The molecule has 8 nitrogen and oxygen atoms in total. The highest BCUT2D eigenvalue weighted by Crippen LogP contribution is 2.44. The van der Waals surface area contributed by atoms with Crippen LogP contribution in [-0.4, -0.2) is 35.7 Å². The molecule has 0 atom stereocenters. The molecule has 1 aliphatic carbocycles. The minimum absolute atomic E-state index is 0.220. The van der Waals surface area contributed by atoms with Crippen molar-refractivity contribution >= 4 is 29.7 Å². The fraction of sp³-hybridized carbons (Fsp3) is 0.250. The van der Waals surface area contributed by atoms with Crippen molar-refractivity contribution in [2.75, 3.05) is 18.9 Å². The first-order chi connectivity index (χ1) is 14.0. The van der Waals surface area contributed by atoms with Gasteiger partial charge < -0.3 is 21.4 Å². The number of rotatable bonds is 8. The summed E-state index contributed by atoms with van der Waals surface area (Å²) >= 11 is 6.25. The molecule has 29 heavy (non-hydrogen) atoms. The number of allylic oxidation sites excluding steroid dienone is 1. The lowest BCUT2D eigenvalue weighted by Gasteiger charge is -2.10. The predicted molar refractivity (Wildman–Crippen MR) is 112 cm³/mol. The van der Waals surface area contributed by atoms with E-state index in [1.165, 1.54) is 6.20 Å². The van der Waals surface area contributed by atoms with Gasteiger partial charge in [0.1, 0.15) is 0 Å². The molecule has 3 rings (SSSR count). The molecule has 0 spiro atoms. The quantitative estimate of drug-likeness (QED) is 0.496. The second-order valence-corrected chi connectivity index (χ2v) is 7.11. The molecule has 1 aromatic heterocycles. The van der Waals surface area contributed by atoms with Gasteiger partial charge in [-0.05, 0) is 25.0 Å². The third-order valence-corrected chi connectivity index (χ3v) is 4.83. The Kier molecular flexibility index (Phi) is 6.10. The normalized spacial score (nSPS) is 14.4. The number of amides is 1. The number of nitriles is 1. The van der Waals surface area contributed by atoms with Crippen molar-refractivity contribution < 1.29 is 4.79 Å². The Morgan fingerprint density at radius 2 is 2.10 bits per heavy atom. The van der Waals surface area contributed by atoms with Crippen molar-refractivity contribution in [3.05, 3.63) is 52.9 Å². The van der Waals surface area contributed by atoms with Crippen LogP contribution in [0.2, 0.25) is 5.02 Å². The largest absolute Gasteiger partial charge is 0.392 e. The number of aromatic nitrogens is 2. The highest BCUT2D eigenvalue weighted by atomic mass is 35.5. The summed E-state index contributed by atoms with van der Waals surface area (Å²) in [6.07, 6.45) is 5.88. The zero-order valence-electron chi connectivity index (χ0n) is 15.8. The maximum absolute atomic E-state index is 12.3. The molecule has 0 unspecified atom stereocenters. The molecule has 1 saturated carbocycles. The van der Waals surface area contributed by atoms with E-state index in [0.29, 0.717) is 34.5 Å². The van der Waals surface area contributed by atoms with Crippen LogP contribution in [0.25, 0.3) is 11.3 Å². The summed E-state index contributed by atoms with van der Waals surface area (Å²) in [5.74, 6) is 0.0736. The smallest absolute Gasteiger partial charge is 0.251 e. The summed E-state index contributed by atoms with van der Waals surface area (Å²) in [6, 6.07) is 9.14. The first-order valence-electron chi connectivity index (χ1n) is 8.97. The molecule has 1 amide bonds. The minimum Gasteiger partial charge on any atom is -0.392 e. The van der Waals surface area contributed by atoms with Gasteiger partial charge in [0.2, 0.25) is 5.95 Å². The monoisotopic (exact) mass is 409 g/mol. The van der Waals surface area contributed by atoms with Crippen LogP contribution >= 0.6 is 11.6 Å². The van der Waals surface area contributed by atoms with Gasteiger partial charge in [-0.2, -0.15) is 5.26 Å². The summed E-state index contributed by atoms with van der Waals surface area (Å²) in [4.78, 5) is 20.8. The number of benzene rings is 1. The van der Waals surface area contributed by atoms with Crippen molar-refractivity contribution in [3.63, 3.8) is 0 Å². The Morgan fingerprint density at radius 1 is 1.38 bits per heavy atom. The van der Waals surface area contributed by atoms with E-state index in [4.69, 9.17) is 22.3 Å². The lowest BCUT2D eigenvalue weighted by Crippen LogP contribution is -2.29. The van der Waals surface area contributed by atoms with Gasteiger partial charge >= 0.3 is 0 Å². The van der Waals surface area contributed by atoms with Gasteiger partial charge in [-0.25, -0.2) is 9.97 Å². The lowest BCUT2D eigenvalue weighted by atomic mass is 10.1. The van der Waals surface area contributed by atoms with Crippen LogP contribution in [-0.2, 0) is 0 Å². The van der Waals surface area contributed by atoms with Crippen molar-refractivity contribution in [2.24, 2.45) is 5.41 Å². The van der Waals surface area contributed by atoms with Crippen molar-refractivity contribution in [3.8, 4) is 17.3 Å². The van der Waals surface area contributed by atoms with E-state index < -0.39 is 0 Å². The summed E-state index contributed by atoms with van der Waals surface area (Å²) in [6.45, 7) is 0.367. The van der Waals surface area contributed by atoms with Crippen LogP contribution in [0, 0.1) is 22.2 Å². The fourth-order valence-electron chi connectivity index (χ4n) is 2.64. The summed E-state index contributed by atoms with van der Waals surface area (Å²) < 4.78 is 0. The fourth-order valence-corrected chi connectivity index (χ4v) is 2.84. The predicted octanol–water partition coefficient (Wildman–Crippen LogP) is 2.95. The van der Waals surface area contributed by atoms with Crippen LogP contribution in [0.1, 0.15) is 23.2 Å². The van der Waals surface area contributed by atoms with Gasteiger partial charge in [-0.3, -0.25) is 4.79 Å². The molecule has 148 valence electrons. The number of halogens is 1. The Labute approximate surface area is 173 Å². The second kappa shape index (κ2) is 8.71. The number of hydrogen-bond acceptors (Lipinski definition) is 7. The number of nitrogens with one attached hydrogen (secondary N) is 4. The summed E-state index contributed by atoms with van der Waals surface area (Å²) in [5.41, 5.74) is 1.82. The SMILES string of the molecule is CN/C=C(\C=N)Nc1ncc(Cl)c(-c2ccc(C(=O)NCC3(C#N)CC3)cc2)n1. The van der Waals surface area contributed by atoms with Crippen LogP contribution in [0.5, 0.6) is 0 Å². The van der Waals surface area contributed by atoms with Crippen LogP contribution < -0.4 is 16.0 Å². The minimum atomic E-state index is -0.384. The Bertz CT molecular complexity index is 991. The van der Waals surface area contributed by atoms with E-state index in [0.717, 1.165) is 24.6 Å². The topological polar surface area (TPSA) is 127 Å². The van der Waals surface area contributed by atoms with E-state index in [1.807, 2.05) is 0 Å². The Balaban J connectivity index is 1.74. The van der Waals surface area contributed by atoms with Gasteiger partial charge in [0.15, 0.2) is 0 Å². The molecule has 0 bridgehead atoms. The average molecular weight is 410 g/mol. The zero-order valence-corrected chi connectivity index (χ0v) is 16.5. The van der Waals surface area contributed by atoms with Crippen LogP contribution in [0.3, 0.4) is 0 Å². The molecular weight excluding hydrogens is 390 g/mol. The summed E-state index contributed by atoms with van der Waals surface area (Å²) in [7, 11) is 1.72. The van der Waals surface area contributed by atoms with Crippen LogP contribution in [0.4, 0.5) is 5.95 Å². The summed E-state index contributed by atoms with van der Waals surface area (Å²) in [5, 5.41) is 25.4. The average Bonchev–Trinajstić information content (AvgIpc) is 3.53. The highest BCUT2D eigenvalue weighted by molar-refractivity contribution is 6.32. The molecule has 4 N–H and O–H groups in total. The van der Waals surface area contributed by atoms with Gasteiger partial charge in [-0.1, -0.05) is 23.7 Å². The van der Waals surface area contributed by atoms with Crippen molar-refractivity contribution in [1.82, 2.24) is 20.6 Å². The standard InChI is InChI=1S/C20H20ClN7O/c1-24-9-15(8-22)27-19-25-10-16(21)17(28-19)13-2-4-14(5-3-13)18(29)26-12-20(11-23)6-7-20/h2-5,8-10,22,24H,6-7,12H2,1H3,(H,26,29)(H,25,27,28)/b15-9+,22-8?. The number of anilines is 1. The van der Waals surface area contributed by atoms with E-state index in [9.17, 15) is 4.79 Å². The molecule has 9 heteroatoms. The molecule has 1 aliphatic rings. The Hall–Kier alpha value is -3.44. The first-order valence-corrected chi connectivity index (χ1v) is 9.35. The van der Waals surface area contributed by atoms with Crippen molar-refractivity contribution in [1.29, 1.82) is 10.7 Å². The molecule has 1 aromatic carbocycles. The molecule has 0 radical (unpaired) electrons. The van der Waals surface area contributed by atoms with Gasteiger partial charge in [-0.15, -0.1) is 0 Å². The molecule has 1 fully saturated rings. The second-order valence-electron chi connectivity index (χ2n) is 6.70. The number of nitrogens with zero attached hydrogens (tertiary/aromatic N) is 3. The van der Waals surface area contributed by atoms with E-state index in [-0.39, 0.29) is 11.3 Å². The molecule has 2 aromatic rings. The zero-order chi connectivity index (χ0) is 20.9. The lowest BCUT2D eigenvalue weighted by molar-refractivity contribution is 0.0948. The molecule has 0 saturated heterocycles. The number of carbonyl (C=O) groups excluding carboxylic acids is 1. The van der Waals surface area contributed by atoms with Crippen molar-refractivity contribution in [2.45, 2.75) is 12.8 Å². The maximum Gasteiger partial charge on any atom is 0.251 e. The van der Waals surface area contributed by atoms with E-state index >= 15 is 0 Å². The highest BCUT2D eigenvalue weighted by Gasteiger charge is 2.43. The molecule has 0 aliphatic heterocycles. The van der Waals surface area contributed by atoms with Gasteiger partial charge in [0.25, 0.3) is 5.91 Å². The van der Waals surface area contributed by atoms with Gasteiger partial charge in [0.05, 0.1) is 34.1 Å². The van der Waals surface area contributed by atoms with Gasteiger partial charge in [0, 0.05) is 37.1 Å². The van der Waals surface area contributed by atoms with Crippen LogP contribution in [0.15, 0.2) is 42.4 Å². The Morgan fingerprint density at radius 3 is 2.69 bits per heavy atom. The molecule has 1 heterocycles. The van der Waals surface area contributed by atoms with E-state index in [2.05, 4.69) is 32.0 Å². The third kappa shape index (κ3) is 4.89. The third-order valence-electron chi connectivity index (χ3n) is 4.55. The number of carbonyl (C=O) groups is 1.